The van der Waals surface area contributed by atoms with Crippen LogP contribution in [0.3, 0.4) is 0 Å². The Kier molecular flexibility index (Phi) is 5.70. The van der Waals surface area contributed by atoms with Crippen molar-refractivity contribution < 1.29 is 9.72 Å². The fraction of sp³-hybridized carbons (Fsp3) is 0.250. The zero-order chi connectivity index (χ0) is 17.7. The van der Waals surface area contributed by atoms with Crippen molar-refractivity contribution in [3.05, 3.63) is 56.7 Å². The Morgan fingerprint density at radius 1 is 1.33 bits per heavy atom. The molecule has 0 aliphatic rings. The van der Waals surface area contributed by atoms with Crippen molar-refractivity contribution in [2.24, 2.45) is 0 Å². The topological polar surface area (TPSA) is 97.2 Å². The summed E-state index contributed by atoms with van der Waals surface area (Å²) in [6.45, 7) is 3.91. The van der Waals surface area contributed by atoms with Crippen LogP contribution in [0.25, 0.3) is 0 Å². The average Bonchev–Trinajstić information content (AvgIpc) is 2.49. The molecule has 0 spiro atoms. The van der Waals surface area contributed by atoms with Gasteiger partial charge in [-0.2, -0.15) is 0 Å². The van der Waals surface area contributed by atoms with Crippen molar-refractivity contribution in [3.8, 4) is 0 Å². The molecule has 8 heteroatoms. The van der Waals surface area contributed by atoms with Gasteiger partial charge < -0.3 is 10.6 Å². The summed E-state index contributed by atoms with van der Waals surface area (Å²) in [6.07, 6.45) is 0.211. The van der Waals surface area contributed by atoms with Crippen LogP contribution in [-0.4, -0.2) is 22.4 Å². The molecule has 0 saturated carbocycles. The molecule has 1 heterocycles. The van der Waals surface area contributed by atoms with E-state index in [4.69, 9.17) is 11.6 Å². The number of carbonyl (C=O) groups is 1. The van der Waals surface area contributed by atoms with E-state index in [1.807, 2.05) is 19.1 Å². The number of carbonyl (C=O) groups excluding carboxylic acids is 1. The van der Waals surface area contributed by atoms with E-state index in [2.05, 4.69) is 15.6 Å². The third-order valence-electron chi connectivity index (χ3n) is 3.29. The van der Waals surface area contributed by atoms with Crippen LogP contribution in [0.15, 0.2) is 30.3 Å². The first kappa shape index (κ1) is 17.7. The minimum atomic E-state index is -0.495. The Morgan fingerprint density at radius 3 is 2.71 bits per heavy atom. The van der Waals surface area contributed by atoms with E-state index in [1.165, 1.54) is 12.1 Å². The quantitative estimate of drug-likeness (QED) is 0.612. The van der Waals surface area contributed by atoms with Gasteiger partial charge in [0.2, 0.25) is 5.91 Å². The summed E-state index contributed by atoms with van der Waals surface area (Å²) in [5.74, 6) is 0.320. The number of anilines is 2. The second-order valence-corrected chi connectivity index (χ2v) is 5.67. The molecular weight excluding hydrogens is 332 g/mol. The summed E-state index contributed by atoms with van der Waals surface area (Å²) in [6, 6.07) is 8.10. The largest absolute Gasteiger partial charge is 0.383 e. The molecule has 2 aromatic rings. The van der Waals surface area contributed by atoms with Crippen LogP contribution in [0.4, 0.5) is 17.2 Å². The van der Waals surface area contributed by atoms with Crippen molar-refractivity contribution in [1.82, 2.24) is 4.98 Å². The number of benzene rings is 1. The number of aryl methyl sites for hydroxylation is 2. The Morgan fingerprint density at radius 2 is 2.08 bits per heavy atom. The van der Waals surface area contributed by atoms with E-state index < -0.39 is 4.92 Å². The third kappa shape index (κ3) is 4.66. The average molecular weight is 349 g/mol. The van der Waals surface area contributed by atoms with E-state index in [9.17, 15) is 14.9 Å². The molecule has 0 aliphatic carbocycles. The van der Waals surface area contributed by atoms with E-state index in [1.54, 1.807) is 13.0 Å². The minimum absolute atomic E-state index is 0.0636. The number of non-ortho nitro benzene ring substituents is 1. The number of amides is 1. The van der Waals surface area contributed by atoms with Crippen molar-refractivity contribution in [2.45, 2.75) is 20.3 Å². The number of pyridine rings is 1. The smallest absolute Gasteiger partial charge is 0.271 e. The number of nitrogens with zero attached hydrogens (tertiary/aromatic N) is 2. The Bertz CT molecular complexity index is 757. The van der Waals surface area contributed by atoms with Gasteiger partial charge in [-0.05, 0) is 31.5 Å². The fourth-order valence-electron chi connectivity index (χ4n) is 2.17. The molecular formula is C16H17ClN4O3. The van der Waals surface area contributed by atoms with Gasteiger partial charge in [0.05, 0.1) is 15.6 Å². The normalized spacial score (nSPS) is 10.3. The first-order valence-corrected chi connectivity index (χ1v) is 7.66. The van der Waals surface area contributed by atoms with Crippen LogP contribution >= 0.6 is 11.6 Å². The number of nitro groups is 1. The van der Waals surface area contributed by atoms with E-state index in [0.717, 1.165) is 5.69 Å². The first-order valence-electron chi connectivity index (χ1n) is 7.28. The van der Waals surface area contributed by atoms with Crippen molar-refractivity contribution in [3.63, 3.8) is 0 Å². The van der Waals surface area contributed by atoms with Crippen LogP contribution in [0.5, 0.6) is 0 Å². The molecule has 0 aliphatic heterocycles. The lowest BCUT2D eigenvalue weighted by Crippen LogP contribution is -2.17. The second kappa shape index (κ2) is 7.74. The number of aromatic nitrogens is 1. The Balaban J connectivity index is 1.92. The van der Waals surface area contributed by atoms with Crippen LogP contribution in [0.1, 0.15) is 17.7 Å². The van der Waals surface area contributed by atoms with Gasteiger partial charge in [0.15, 0.2) is 0 Å². The van der Waals surface area contributed by atoms with Gasteiger partial charge in [-0.15, -0.1) is 0 Å². The molecule has 7 nitrogen and oxygen atoms in total. The lowest BCUT2D eigenvalue weighted by molar-refractivity contribution is -0.384. The van der Waals surface area contributed by atoms with E-state index in [-0.39, 0.29) is 23.0 Å². The summed E-state index contributed by atoms with van der Waals surface area (Å²) in [5.41, 5.74) is 1.99. The molecule has 2 N–H and O–H groups in total. The molecule has 0 radical (unpaired) electrons. The number of nitro benzene ring substituents is 1. The molecule has 2 rings (SSSR count). The van der Waals surface area contributed by atoms with E-state index >= 15 is 0 Å². The molecule has 126 valence electrons. The maximum atomic E-state index is 11.9. The van der Waals surface area contributed by atoms with Gasteiger partial charge >= 0.3 is 0 Å². The predicted molar refractivity (Wildman–Crippen MR) is 93.6 cm³/mol. The van der Waals surface area contributed by atoms with Gasteiger partial charge in [-0.1, -0.05) is 17.7 Å². The molecule has 1 aromatic carbocycles. The second-order valence-electron chi connectivity index (χ2n) is 5.27. The van der Waals surface area contributed by atoms with Crippen molar-refractivity contribution in [1.29, 1.82) is 0 Å². The van der Waals surface area contributed by atoms with Gasteiger partial charge in [-0.3, -0.25) is 14.9 Å². The summed E-state index contributed by atoms with van der Waals surface area (Å²) < 4.78 is 0. The highest BCUT2D eigenvalue weighted by molar-refractivity contribution is 6.33. The molecule has 0 saturated heterocycles. The SMILES string of the molecule is Cc1cccc(NC(=O)CCNc2c(C)cc([N+](=O)[O-])cc2Cl)n1. The number of hydrogen-bond donors (Lipinski definition) is 2. The van der Waals surface area contributed by atoms with Crippen LogP contribution < -0.4 is 10.6 Å². The predicted octanol–water partition coefficient (Wildman–Crippen LogP) is 3.70. The summed E-state index contributed by atoms with van der Waals surface area (Å²) in [5, 5.41) is 16.8. The lowest BCUT2D eigenvalue weighted by atomic mass is 10.1. The highest BCUT2D eigenvalue weighted by Crippen LogP contribution is 2.30. The maximum absolute atomic E-state index is 11.9. The summed E-state index contributed by atoms with van der Waals surface area (Å²) in [4.78, 5) is 26.4. The molecule has 0 bridgehead atoms. The standard InChI is InChI=1S/C16H17ClN4O3/c1-10-8-12(21(23)24)9-13(17)16(10)18-7-6-15(22)20-14-5-3-4-11(2)19-14/h3-5,8-9,18H,6-7H2,1-2H3,(H,19,20,22). The van der Waals surface area contributed by atoms with Crippen molar-refractivity contribution >= 4 is 34.7 Å². The molecule has 0 unspecified atom stereocenters. The number of nitrogens with one attached hydrogen (secondary N) is 2. The summed E-state index contributed by atoms with van der Waals surface area (Å²) in [7, 11) is 0. The Hall–Kier alpha value is -2.67. The highest BCUT2D eigenvalue weighted by Gasteiger charge is 2.13. The molecule has 1 aromatic heterocycles. The third-order valence-corrected chi connectivity index (χ3v) is 3.59. The molecule has 1 amide bonds. The first-order chi connectivity index (χ1) is 11.4. The van der Waals surface area contributed by atoms with Gasteiger partial charge in [-0.25, -0.2) is 4.98 Å². The van der Waals surface area contributed by atoms with Crippen LogP contribution in [0, 0.1) is 24.0 Å². The zero-order valence-corrected chi connectivity index (χ0v) is 14.1. The van der Waals surface area contributed by atoms with Crippen LogP contribution in [0.2, 0.25) is 5.02 Å². The van der Waals surface area contributed by atoms with Gasteiger partial charge in [0, 0.05) is 30.8 Å². The monoisotopic (exact) mass is 348 g/mol. The van der Waals surface area contributed by atoms with E-state index in [0.29, 0.717) is 23.6 Å². The molecule has 0 atom stereocenters. The maximum Gasteiger partial charge on any atom is 0.271 e. The van der Waals surface area contributed by atoms with Gasteiger partial charge in [0.25, 0.3) is 5.69 Å². The number of hydrogen-bond acceptors (Lipinski definition) is 5. The number of rotatable bonds is 6. The Labute approximate surface area is 144 Å². The summed E-state index contributed by atoms with van der Waals surface area (Å²) >= 11 is 6.06. The lowest BCUT2D eigenvalue weighted by Gasteiger charge is -2.11. The minimum Gasteiger partial charge on any atom is -0.383 e. The fourth-order valence-corrected chi connectivity index (χ4v) is 2.50. The zero-order valence-electron chi connectivity index (χ0n) is 13.3. The molecule has 0 fully saturated rings. The van der Waals surface area contributed by atoms with Crippen molar-refractivity contribution in [2.75, 3.05) is 17.2 Å². The molecule has 24 heavy (non-hydrogen) atoms. The van der Waals surface area contributed by atoms with Gasteiger partial charge in [0.1, 0.15) is 5.82 Å². The number of halogens is 1. The van der Waals surface area contributed by atoms with Crippen LogP contribution in [-0.2, 0) is 4.79 Å². The highest BCUT2D eigenvalue weighted by atomic mass is 35.5.